The van der Waals surface area contributed by atoms with Gasteiger partial charge in [0.15, 0.2) is 0 Å². The van der Waals surface area contributed by atoms with Crippen molar-refractivity contribution in [3.63, 3.8) is 0 Å². The van der Waals surface area contributed by atoms with E-state index in [2.05, 4.69) is 20.2 Å². The number of H-pyrrole nitrogens is 2. The highest BCUT2D eigenvalue weighted by Gasteiger charge is 2.19. The van der Waals surface area contributed by atoms with Crippen molar-refractivity contribution < 1.29 is 0 Å². The normalized spacial score (nSPS) is 14.8. The molecule has 1 aromatic carbocycles. The van der Waals surface area contributed by atoms with E-state index in [-0.39, 0.29) is 5.56 Å². The molecule has 0 spiro atoms. The topological polar surface area (TPSA) is 73.9 Å². The SMILES string of the molecule is CC1=Nc2ccccc2C1=Cc1c(-c2cccnc2)[nH][nH]c1=O. The van der Waals surface area contributed by atoms with Crippen LogP contribution in [0.5, 0.6) is 0 Å². The third kappa shape index (κ3) is 2.23. The summed E-state index contributed by atoms with van der Waals surface area (Å²) < 4.78 is 0. The first-order valence-corrected chi connectivity index (χ1v) is 7.32. The minimum atomic E-state index is -0.159. The van der Waals surface area contributed by atoms with Crippen molar-refractivity contribution in [2.24, 2.45) is 4.99 Å². The van der Waals surface area contributed by atoms with Crippen LogP contribution in [0.15, 0.2) is 58.6 Å². The molecule has 5 heteroatoms. The number of nitrogens with zero attached hydrogens (tertiary/aromatic N) is 2. The number of benzene rings is 1. The average Bonchev–Trinajstić information content (AvgIpc) is 3.10. The van der Waals surface area contributed by atoms with Gasteiger partial charge in [-0.25, -0.2) is 0 Å². The Bertz CT molecular complexity index is 993. The lowest BCUT2D eigenvalue weighted by molar-refractivity contribution is 1.06. The van der Waals surface area contributed by atoms with E-state index in [1.807, 2.05) is 49.4 Å². The van der Waals surface area contributed by atoms with E-state index < -0.39 is 0 Å². The molecule has 0 fully saturated rings. The van der Waals surface area contributed by atoms with Gasteiger partial charge in [0.1, 0.15) is 0 Å². The van der Waals surface area contributed by atoms with Crippen molar-refractivity contribution in [2.75, 3.05) is 0 Å². The molecule has 0 unspecified atom stereocenters. The molecule has 2 N–H and O–H groups in total. The molecule has 0 saturated heterocycles. The van der Waals surface area contributed by atoms with Crippen LogP contribution in [0.2, 0.25) is 0 Å². The molecule has 0 radical (unpaired) electrons. The van der Waals surface area contributed by atoms with Crippen LogP contribution in [-0.4, -0.2) is 20.9 Å². The predicted octanol–water partition coefficient (Wildman–Crippen LogP) is 3.41. The molecule has 3 heterocycles. The van der Waals surface area contributed by atoms with Gasteiger partial charge in [-0.2, -0.15) is 0 Å². The van der Waals surface area contributed by atoms with Crippen LogP contribution in [0.1, 0.15) is 18.1 Å². The van der Waals surface area contributed by atoms with E-state index in [1.165, 1.54) is 0 Å². The van der Waals surface area contributed by atoms with Gasteiger partial charge in [0, 0.05) is 34.8 Å². The lowest BCUT2D eigenvalue weighted by atomic mass is 10.00. The molecule has 1 aliphatic heterocycles. The fraction of sp³-hybridized carbons (Fsp3) is 0.0556. The molecule has 0 saturated carbocycles. The second-order valence-electron chi connectivity index (χ2n) is 5.38. The molecule has 5 nitrogen and oxygen atoms in total. The first kappa shape index (κ1) is 13.5. The van der Waals surface area contributed by atoms with Gasteiger partial charge in [-0.3, -0.25) is 25.0 Å². The van der Waals surface area contributed by atoms with E-state index in [0.717, 1.165) is 33.8 Å². The van der Waals surface area contributed by atoms with Crippen LogP contribution in [0.4, 0.5) is 5.69 Å². The molecule has 0 atom stereocenters. The van der Waals surface area contributed by atoms with E-state index >= 15 is 0 Å². The van der Waals surface area contributed by atoms with Crippen molar-refractivity contribution >= 4 is 23.0 Å². The molecule has 0 aliphatic carbocycles. The summed E-state index contributed by atoms with van der Waals surface area (Å²) in [6, 6.07) is 11.7. The monoisotopic (exact) mass is 302 g/mol. The Hall–Kier alpha value is -3.21. The molecule has 3 aromatic rings. The largest absolute Gasteiger partial charge is 0.297 e. The zero-order valence-electron chi connectivity index (χ0n) is 12.5. The number of hydrogen-bond donors (Lipinski definition) is 2. The number of aromatic nitrogens is 3. The molecule has 4 rings (SSSR count). The summed E-state index contributed by atoms with van der Waals surface area (Å²) in [5.74, 6) is 0. The van der Waals surface area contributed by atoms with E-state index in [0.29, 0.717) is 5.56 Å². The van der Waals surface area contributed by atoms with Crippen molar-refractivity contribution in [2.45, 2.75) is 6.92 Å². The zero-order valence-corrected chi connectivity index (χ0v) is 12.5. The minimum absolute atomic E-state index is 0.159. The number of aliphatic imine (C=N–C) groups is 1. The molecule has 112 valence electrons. The smallest absolute Gasteiger partial charge is 0.271 e. The van der Waals surface area contributed by atoms with E-state index in [9.17, 15) is 4.79 Å². The lowest BCUT2D eigenvalue weighted by Crippen LogP contribution is -2.03. The molecule has 0 amide bonds. The lowest BCUT2D eigenvalue weighted by Gasteiger charge is -2.02. The third-order valence-corrected chi connectivity index (χ3v) is 3.93. The summed E-state index contributed by atoms with van der Waals surface area (Å²) in [6.45, 7) is 1.95. The average molecular weight is 302 g/mol. The van der Waals surface area contributed by atoms with Crippen molar-refractivity contribution in [1.82, 2.24) is 15.2 Å². The molecule has 23 heavy (non-hydrogen) atoms. The van der Waals surface area contributed by atoms with Crippen LogP contribution in [-0.2, 0) is 0 Å². The maximum absolute atomic E-state index is 12.2. The Morgan fingerprint density at radius 1 is 1.09 bits per heavy atom. The molecular weight excluding hydrogens is 288 g/mol. The van der Waals surface area contributed by atoms with Crippen molar-refractivity contribution in [3.8, 4) is 11.3 Å². The van der Waals surface area contributed by atoms with Crippen molar-refractivity contribution in [3.05, 3.63) is 70.3 Å². The summed E-state index contributed by atoms with van der Waals surface area (Å²) in [5.41, 5.74) is 5.87. The van der Waals surface area contributed by atoms with E-state index in [4.69, 9.17) is 0 Å². The van der Waals surface area contributed by atoms with Gasteiger partial charge < -0.3 is 0 Å². The molecule has 0 bridgehead atoms. The summed E-state index contributed by atoms with van der Waals surface area (Å²) >= 11 is 0. The molecule has 2 aromatic heterocycles. The number of rotatable bonds is 2. The summed E-state index contributed by atoms with van der Waals surface area (Å²) in [6.07, 6.45) is 5.32. The highest BCUT2D eigenvalue weighted by atomic mass is 16.1. The van der Waals surface area contributed by atoms with Crippen LogP contribution < -0.4 is 5.56 Å². The summed E-state index contributed by atoms with van der Waals surface area (Å²) in [5, 5.41) is 5.60. The van der Waals surface area contributed by atoms with Gasteiger partial charge in [0.05, 0.1) is 16.9 Å². The van der Waals surface area contributed by atoms with Crippen LogP contribution in [0, 0.1) is 0 Å². The first-order valence-electron chi connectivity index (χ1n) is 7.32. The summed E-state index contributed by atoms with van der Waals surface area (Å²) in [7, 11) is 0. The third-order valence-electron chi connectivity index (χ3n) is 3.93. The number of nitrogens with one attached hydrogen (secondary N) is 2. The number of para-hydroxylation sites is 1. The minimum Gasteiger partial charge on any atom is -0.297 e. The fourth-order valence-electron chi connectivity index (χ4n) is 2.80. The Morgan fingerprint density at radius 3 is 2.78 bits per heavy atom. The van der Waals surface area contributed by atoms with Gasteiger partial charge in [-0.1, -0.05) is 18.2 Å². The zero-order chi connectivity index (χ0) is 15.8. The van der Waals surface area contributed by atoms with Crippen LogP contribution >= 0.6 is 0 Å². The van der Waals surface area contributed by atoms with Crippen LogP contribution in [0.25, 0.3) is 22.9 Å². The number of hydrogen-bond acceptors (Lipinski definition) is 3. The van der Waals surface area contributed by atoms with E-state index in [1.54, 1.807) is 12.4 Å². The number of pyridine rings is 1. The van der Waals surface area contributed by atoms with Gasteiger partial charge in [-0.05, 0) is 31.2 Å². The number of allylic oxidation sites excluding steroid dienone is 1. The van der Waals surface area contributed by atoms with Crippen molar-refractivity contribution in [1.29, 1.82) is 0 Å². The van der Waals surface area contributed by atoms with Gasteiger partial charge in [-0.15, -0.1) is 0 Å². The maximum Gasteiger partial charge on any atom is 0.271 e. The second kappa shape index (κ2) is 5.21. The number of aromatic amines is 2. The molecular formula is C18H14N4O. The maximum atomic E-state index is 12.2. The van der Waals surface area contributed by atoms with Gasteiger partial charge >= 0.3 is 0 Å². The number of fused-ring (bicyclic) bond motifs is 1. The Kier molecular flexibility index (Phi) is 3.05. The molecule has 1 aliphatic rings. The Morgan fingerprint density at radius 2 is 1.96 bits per heavy atom. The van der Waals surface area contributed by atoms with Gasteiger partial charge in [0.2, 0.25) is 0 Å². The quantitative estimate of drug-likeness (QED) is 0.761. The highest BCUT2D eigenvalue weighted by Crippen LogP contribution is 2.36. The standard InChI is InChI=1S/C18H14N4O/c1-11-14(13-6-2-3-7-16(13)20-11)9-15-17(21-22-18(15)23)12-5-4-8-19-10-12/h2-10H,1H3,(H2,21,22,23). The Balaban J connectivity index is 1.89. The van der Waals surface area contributed by atoms with Gasteiger partial charge in [0.25, 0.3) is 5.56 Å². The fourth-order valence-corrected chi connectivity index (χ4v) is 2.80. The highest BCUT2D eigenvalue weighted by molar-refractivity contribution is 6.31. The second-order valence-corrected chi connectivity index (χ2v) is 5.38. The summed E-state index contributed by atoms with van der Waals surface area (Å²) in [4.78, 5) is 20.9. The predicted molar refractivity (Wildman–Crippen MR) is 91.7 cm³/mol. The first-order chi connectivity index (χ1) is 11.2. The Labute approximate surface area is 132 Å². The van der Waals surface area contributed by atoms with Crippen LogP contribution in [0.3, 0.4) is 0 Å².